The lowest BCUT2D eigenvalue weighted by atomic mass is 10.1. The lowest BCUT2D eigenvalue weighted by molar-refractivity contribution is -0.121. The lowest BCUT2D eigenvalue weighted by Crippen LogP contribution is -2.27. The molecule has 1 N–H and O–H groups in total. The molecule has 4 aromatic rings. The van der Waals surface area contributed by atoms with E-state index in [1.165, 1.54) is 0 Å². The number of thioether (sulfide) groups is 1. The van der Waals surface area contributed by atoms with Gasteiger partial charge in [-0.2, -0.15) is 0 Å². The van der Waals surface area contributed by atoms with Gasteiger partial charge in [-0.1, -0.05) is 72.3 Å². The summed E-state index contributed by atoms with van der Waals surface area (Å²) < 4.78 is 1.85. The standard InChI is InChI=1S/C27H20ClN3O3S/c28-21-11-5-7-13-23(21)31-26(33)24(35-27(31)34)14-19-16-30(22-12-6-4-10-20(19)22)17-25(32)29-15-18-8-2-1-3-9-18/h1-14,16H,15,17H2,(H,29,32)/b24-14-. The minimum Gasteiger partial charge on any atom is -0.350 e. The molecule has 0 spiro atoms. The Morgan fingerprint density at radius 2 is 1.66 bits per heavy atom. The zero-order valence-corrected chi connectivity index (χ0v) is 20.1. The lowest BCUT2D eigenvalue weighted by Gasteiger charge is -2.13. The van der Waals surface area contributed by atoms with E-state index in [2.05, 4.69) is 5.32 Å². The molecule has 174 valence electrons. The number of fused-ring (bicyclic) bond motifs is 1. The average molecular weight is 502 g/mol. The fourth-order valence-electron chi connectivity index (χ4n) is 3.98. The van der Waals surface area contributed by atoms with Gasteiger partial charge >= 0.3 is 0 Å². The molecule has 3 amide bonds. The molecule has 6 nitrogen and oxygen atoms in total. The SMILES string of the molecule is O=C(Cn1cc(/C=C2\SC(=O)N(c3ccccc3Cl)C2=O)c2ccccc21)NCc1ccccc1. The summed E-state index contributed by atoms with van der Waals surface area (Å²) in [5, 5.41) is 3.75. The van der Waals surface area contributed by atoms with Crippen molar-refractivity contribution in [3.05, 3.63) is 106 Å². The van der Waals surface area contributed by atoms with Gasteiger partial charge in [0.1, 0.15) is 6.54 Å². The van der Waals surface area contributed by atoms with Crippen molar-refractivity contribution >= 4 is 63.1 Å². The van der Waals surface area contributed by atoms with Crippen molar-refractivity contribution in [1.29, 1.82) is 0 Å². The summed E-state index contributed by atoms with van der Waals surface area (Å²) in [6, 6.07) is 24.1. The molecule has 8 heteroatoms. The Bertz CT molecular complexity index is 1480. The van der Waals surface area contributed by atoms with Gasteiger partial charge in [0.25, 0.3) is 11.1 Å². The number of carbonyl (C=O) groups is 3. The van der Waals surface area contributed by atoms with Crippen LogP contribution in [-0.2, 0) is 22.7 Å². The first-order valence-corrected chi connectivity index (χ1v) is 12.1. The molecule has 5 rings (SSSR count). The monoisotopic (exact) mass is 501 g/mol. The van der Waals surface area contributed by atoms with Gasteiger partial charge in [-0.25, -0.2) is 4.90 Å². The first-order chi connectivity index (χ1) is 17.0. The van der Waals surface area contributed by atoms with Crippen LogP contribution in [-0.4, -0.2) is 21.6 Å². The number of hydrogen-bond acceptors (Lipinski definition) is 4. The molecular weight excluding hydrogens is 482 g/mol. The van der Waals surface area contributed by atoms with E-state index >= 15 is 0 Å². The maximum atomic E-state index is 13.1. The third-order valence-electron chi connectivity index (χ3n) is 5.64. The van der Waals surface area contributed by atoms with Crippen LogP contribution in [0.1, 0.15) is 11.1 Å². The molecule has 1 saturated heterocycles. The number of rotatable bonds is 6. The number of aromatic nitrogens is 1. The zero-order valence-electron chi connectivity index (χ0n) is 18.5. The Hall–Kier alpha value is -3.81. The van der Waals surface area contributed by atoms with Crippen LogP contribution in [0.25, 0.3) is 17.0 Å². The molecule has 0 atom stereocenters. The first kappa shape index (κ1) is 23.0. The summed E-state index contributed by atoms with van der Waals surface area (Å²) in [5.74, 6) is -0.550. The van der Waals surface area contributed by atoms with Crippen molar-refractivity contribution in [2.45, 2.75) is 13.1 Å². The van der Waals surface area contributed by atoms with Gasteiger partial charge in [0.15, 0.2) is 0 Å². The van der Waals surface area contributed by atoms with E-state index in [1.54, 1.807) is 30.3 Å². The Balaban J connectivity index is 1.40. The fourth-order valence-corrected chi connectivity index (χ4v) is 5.02. The molecule has 1 aliphatic heterocycles. The maximum Gasteiger partial charge on any atom is 0.298 e. The van der Waals surface area contributed by atoms with E-state index in [0.717, 1.165) is 38.7 Å². The fraction of sp³-hybridized carbons (Fsp3) is 0.0741. The van der Waals surface area contributed by atoms with Crippen LogP contribution in [0.15, 0.2) is 90.0 Å². The zero-order chi connectivity index (χ0) is 24.4. The first-order valence-electron chi connectivity index (χ1n) is 10.9. The van der Waals surface area contributed by atoms with Crippen LogP contribution in [0.2, 0.25) is 5.02 Å². The highest BCUT2D eigenvalue weighted by Crippen LogP contribution is 2.39. The Morgan fingerprint density at radius 1 is 0.943 bits per heavy atom. The Morgan fingerprint density at radius 3 is 2.46 bits per heavy atom. The second-order valence-corrected chi connectivity index (χ2v) is 9.36. The summed E-state index contributed by atoms with van der Waals surface area (Å²) in [6.07, 6.45) is 3.53. The summed E-state index contributed by atoms with van der Waals surface area (Å²) in [7, 11) is 0. The molecule has 2 heterocycles. The summed E-state index contributed by atoms with van der Waals surface area (Å²) in [4.78, 5) is 39.8. The second-order valence-electron chi connectivity index (χ2n) is 7.96. The van der Waals surface area contributed by atoms with Crippen LogP contribution in [0, 0.1) is 0 Å². The van der Waals surface area contributed by atoms with Gasteiger partial charge in [0, 0.05) is 29.2 Å². The Labute approximate surface area is 211 Å². The van der Waals surface area contributed by atoms with Crippen LogP contribution >= 0.6 is 23.4 Å². The third kappa shape index (κ3) is 4.73. The van der Waals surface area contributed by atoms with Gasteiger partial charge in [-0.05, 0) is 41.6 Å². The predicted molar refractivity (Wildman–Crippen MR) is 140 cm³/mol. The molecule has 35 heavy (non-hydrogen) atoms. The second kappa shape index (κ2) is 9.82. The van der Waals surface area contributed by atoms with Crippen LogP contribution in [0.5, 0.6) is 0 Å². The molecule has 0 radical (unpaired) electrons. The van der Waals surface area contributed by atoms with E-state index in [9.17, 15) is 14.4 Å². The Kier molecular flexibility index (Phi) is 6.44. The largest absolute Gasteiger partial charge is 0.350 e. The summed E-state index contributed by atoms with van der Waals surface area (Å²) >= 11 is 7.09. The normalized spacial score (nSPS) is 14.8. The number of benzene rings is 3. The van der Waals surface area contributed by atoms with Crippen LogP contribution in [0.3, 0.4) is 0 Å². The van der Waals surface area contributed by atoms with Gasteiger partial charge in [-0.15, -0.1) is 0 Å². The molecule has 0 aliphatic carbocycles. The average Bonchev–Trinajstić information content (AvgIpc) is 3.35. The minimum atomic E-state index is -0.425. The topological polar surface area (TPSA) is 71.4 Å². The summed E-state index contributed by atoms with van der Waals surface area (Å²) in [6.45, 7) is 0.573. The minimum absolute atomic E-state index is 0.125. The summed E-state index contributed by atoms with van der Waals surface area (Å²) in [5.41, 5.74) is 2.99. The predicted octanol–water partition coefficient (Wildman–Crippen LogP) is 5.85. The number of para-hydroxylation sites is 2. The number of halogens is 1. The molecule has 0 bridgehead atoms. The van der Waals surface area contributed by atoms with Crippen molar-refractivity contribution in [3.8, 4) is 0 Å². The van der Waals surface area contributed by atoms with E-state index < -0.39 is 11.1 Å². The van der Waals surface area contributed by atoms with Crippen molar-refractivity contribution in [2.24, 2.45) is 0 Å². The molecule has 1 aromatic heterocycles. The van der Waals surface area contributed by atoms with Crippen molar-refractivity contribution in [1.82, 2.24) is 9.88 Å². The number of amides is 3. The molecular formula is C27H20ClN3O3S. The van der Waals surface area contributed by atoms with Gasteiger partial charge < -0.3 is 9.88 Å². The number of nitrogens with one attached hydrogen (secondary N) is 1. The highest BCUT2D eigenvalue weighted by Gasteiger charge is 2.37. The number of imide groups is 1. The van der Waals surface area contributed by atoms with E-state index in [-0.39, 0.29) is 12.5 Å². The number of hydrogen-bond donors (Lipinski definition) is 1. The van der Waals surface area contributed by atoms with Crippen LogP contribution in [0.4, 0.5) is 10.5 Å². The van der Waals surface area contributed by atoms with Crippen molar-refractivity contribution in [2.75, 3.05) is 4.90 Å². The van der Waals surface area contributed by atoms with E-state index in [4.69, 9.17) is 11.6 Å². The smallest absolute Gasteiger partial charge is 0.298 e. The van der Waals surface area contributed by atoms with Gasteiger partial charge in [0.05, 0.1) is 15.6 Å². The number of carbonyl (C=O) groups excluding carboxylic acids is 3. The molecule has 3 aromatic carbocycles. The molecule has 0 saturated carbocycles. The van der Waals surface area contributed by atoms with Gasteiger partial charge in [0.2, 0.25) is 5.91 Å². The molecule has 1 fully saturated rings. The van der Waals surface area contributed by atoms with Gasteiger partial charge in [-0.3, -0.25) is 14.4 Å². The highest BCUT2D eigenvalue weighted by atomic mass is 35.5. The highest BCUT2D eigenvalue weighted by molar-refractivity contribution is 8.19. The van der Waals surface area contributed by atoms with Crippen molar-refractivity contribution in [3.63, 3.8) is 0 Å². The van der Waals surface area contributed by atoms with E-state index in [1.807, 2.05) is 65.4 Å². The molecule has 1 aliphatic rings. The number of anilines is 1. The quantitative estimate of drug-likeness (QED) is 0.336. The number of nitrogens with zero attached hydrogens (tertiary/aromatic N) is 2. The maximum absolute atomic E-state index is 13.1. The molecule has 0 unspecified atom stereocenters. The van der Waals surface area contributed by atoms with E-state index in [0.29, 0.717) is 22.2 Å². The van der Waals surface area contributed by atoms with Crippen molar-refractivity contribution < 1.29 is 14.4 Å². The third-order valence-corrected chi connectivity index (χ3v) is 6.83. The van der Waals surface area contributed by atoms with Crippen LogP contribution < -0.4 is 10.2 Å².